The van der Waals surface area contributed by atoms with Crippen LogP contribution in [0.1, 0.15) is 44.5 Å². The average Bonchev–Trinajstić information content (AvgIpc) is 3.75. The third kappa shape index (κ3) is 10.7. The first kappa shape index (κ1) is 47.3. The molecule has 4 aromatic rings. The fraction of sp³-hybridized carbons (Fsp3) is 0.265. The zero-order valence-corrected chi connectivity index (χ0v) is 36.0. The maximum absolute atomic E-state index is 13.2. The number of phenols is 1. The summed E-state index contributed by atoms with van der Waals surface area (Å²) in [5.74, 6) is -2.43. The van der Waals surface area contributed by atoms with Crippen LogP contribution in [0.3, 0.4) is 0 Å². The van der Waals surface area contributed by atoms with Crippen LogP contribution < -0.4 is 21.1 Å². The van der Waals surface area contributed by atoms with Crippen LogP contribution in [0.25, 0.3) is 16.7 Å². The summed E-state index contributed by atoms with van der Waals surface area (Å²) in [4.78, 5) is 98.8. The van der Waals surface area contributed by atoms with Gasteiger partial charge in [0.05, 0.1) is 24.9 Å². The highest BCUT2D eigenvalue weighted by molar-refractivity contribution is 7.71. The molecule has 1 saturated heterocycles. The lowest BCUT2D eigenvalue weighted by Crippen LogP contribution is -2.41. The van der Waals surface area contributed by atoms with Gasteiger partial charge < -0.3 is 70.5 Å². The number of ketones is 1. The van der Waals surface area contributed by atoms with Crippen LogP contribution in [0.2, 0.25) is 0 Å². The number of nitrogens with zero attached hydrogens (tertiary/aromatic N) is 3. The number of nitrogens with two attached hydrogens (primary N) is 1. The predicted octanol–water partition coefficient (Wildman–Crippen LogP) is 1.69. The first-order valence-corrected chi connectivity index (χ1v) is 23.3. The lowest BCUT2D eigenvalue weighted by Gasteiger charge is -2.32. The van der Waals surface area contributed by atoms with E-state index in [0.717, 1.165) is 12.4 Å². The molecular formula is C34H34N7O20P3S. The number of alkyl carbamates (subject to hydrolysis) is 1. The molecule has 1 fully saturated rings. The van der Waals surface area contributed by atoms with Gasteiger partial charge in [-0.1, -0.05) is 24.4 Å². The number of aliphatic hydroxyl groups excluding tert-OH is 1. The Hall–Kier alpha value is -5.70. The largest absolute Gasteiger partial charge is 0.508 e. The fourth-order valence-corrected chi connectivity index (χ4v) is 10.2. The Bertz CT molecular complexity index is 2900. The molecule has 346 valence electrons. The van der Waals surface area contributed by atoms with Crippen molar-refractivity contribution >= 4 is 82.1 Å². The number of carbonyl (C=O) groups is 4. The molecule has 2 aliphatic heterocycles. The van der Waals surface area contributed by atoms with Gasteiger partial charge in [0.2, 0.25) is 0 Å². The summed E-state index contributed by atoms with van der Waals surface area (Å²) in [5, 5.41) is 36.4. The number of carbonyl (C=O) groups excluding carboxylic acids is 3. The number of nitrogens with one attached hydrogen (secondary N) is 3. The van der Waals surface area contributed by atoms with Crippen LogP contribution in [-0.4, -0.2) is 122 Å². The Balaban J connectivity index is 1.03. The highest BCUT2D eigenvalue weighted by Gasteiger charge is 2.50. The number of aromatic amines is 1. The second-order valence-corrected chi connectivity index (χ2v) is 18.8. The Labute approximate surface area is 367 Å². The molecule has 7 rings (SSSR count). The third-order valence-electron chi connectivity index (χ3n) is 9.55. The van der Waals surface area contributed by atoms with Gasteiger partial charge in [0.25, 0.3) is 5.91 Å². The Kier molecular flexibility index (Phi) is 13.3. The summed E-state index contributed by atoms with van der Waals surface area (Å²) in [6.07, 6.45) is -4.89. The van der Waals surface area contributed by atoms with Gasteiger partial charge in [-0.15, -0.1) is 0 Å². The van der Waals surface area contributed by atoms with E-state index in [1.165, 1.54) is 47.1 Å². The summed E-state index contributed by atoms with van der Waals surface area (Å²) in [6, 6.07) is 8.20. The van der Waals surface area contributed by atoms with Crippen molar-refractivity contribution in [3.63, 3.8) is 0 Å². The molecule has 65 heavy (non-hydrogen) atoms. The van der Waals surface area contributed by atoms with Gasteiger partial charge >= 0.3 is 35.5 Å². The molecule has 7 atom stereocenters. The number of nitrogen functional groups attached to an aromatic ring is 1. The number of phenolic OH excluding ortho intramolecular Hbond substituents is 1. The molecular weight excluding hydrogens is 951 g/mol. The number of imidazole rings is 1. The van der Waals surface area contributed by atoms with Gasteiger partial charge in [0.1, 0.15) is 41.0 Å². The van der Waals surface area contributed by atoms with Crippen LogP contribution in [0.5, 0.6) is 11.5 Å². The van der Waals surface area contributed by atoms with E-state index in [0.29, 0.717) is 16.7 Å². The van der Waals surface area contributed by atoms with E-state index < -0.39 is 78.7 Å². The number of aromatic carboxylic acids is 1. The third-order valence-corrected chi connectivity index (χ3v) is 13.6. The first-order valence-electron chi connectivity index (χ1n) is 18.4. The van der Waals surface area contributed by atoms with Crippen molar-refractivity contribution in [1.82, 2.24) is 30.2 Å². The van der Waals surface area contributed by atoms with E-state index in [1.807, 2.05) is 0 Å². The van der Waals surface area contributed by atoms with Gasteiger partial charge in [-0.3, -0.25) is 18.7 Å². The first-order chi connectivity index (χ1) is 30.5. The van der Waals surface area contributed by atoms with Gasteiger partial charge in [-0.2, -0.15) is 8.62 Å². The quantitative estimate of drug-likeness (QED) is 0.0458. The normalized spacial score (nSPS) is 22.3. The Morgan fingerprint density at radius 1 is 1.00 bits per heavy atom. The summed E-state index contributed by atoms with van der Waals surface area (Å²) in [7, 11) is -17.3. The molecule has 27 nitrogen and oxygen atoms in total. The second kappa shape index (κ2) is 18.3. The van der Waals surface area contributed by atoms with Gasteiger partial charge in [-0.05, 0) is 35.9 Å². The predicted molar refractivity (Wildman–Crippen MR) is 218 cm³/mol. The van der Waals surface area contributed by atoms with Crippen molar-refractivity contribution in [2.24, 2.45) is 0 Å². The number of anilines is 1. The van der Waals surface area contributed by atoms with E-state index in [9.17, 15) is 58.0 Å². The number of allylic oxidation sites excluding steroid dienone is 1. The van der Waals surface area contributed by atoms with Crippen molar-refractivity contribution in [2.75, 3.05) is 25.4 Å². The van der Waals surface area contributed by atoms with Crippen molar-refractivity contribution in [3.8, 4) is 11.5 Å². The minimum Gasteiger partial charge on any atom is -0.508 e. The molecule has 12 N–H and O–H groups in total. The van der Waals surface area contributed by atoms with Crippen LogP contribution >= 0.6 is 35.7 Å². The maximum atomic E-state index is 13.2. The summed E-state index contributed by atoms with van der Waals surface area (Å²) in [6.45, 7) is -1.71. The molecule has 0 saturated carbocycles. The van der Waals surface area contributed by atoms with Gasteiger partial charge in [0, 0.05) is 41.4 Å². The van der Waals surface area contributed by atoms with Crippen molar-refractivity contribution in [1.29, 1.82) is 0 Å². The van der Waals surface area contributed by atoms with Crippen LogP contribution in [0, 0.1) is 4.64 Å². The number of amides is 2. The second-order valence-electron chi connectivity index (χ2n) is 14.0. The zero-order valence-electron chi connectivity index (χ0n) is 32.5. The Morgan fingerprint density at radius 3 is 2.45 bits per heavy atom. The molecule has 2 amide bonds. The zero-order chi connectivity index (χ0) is 47.2. The molecule has 1 aliphatic carbocycles. The molecule has 4 unspecified atom stereocenters. The number of aliphatic hydroxyl groups is 1. The smallest absolute Gasteiger partial charge is 0.490 e. The van der Waals surface area contributed by atoms with Crippen LogP contribution in [-0.2, 0) is 41.1 Å². The van der Waals surface area contributed by atoms with E-state index in [-0.39, 0.29) is 75.2 Å². The number of aromatic hydroxyl groups is 1. The van der Waals surface area contributed by atoms with E-state index in [1.54, 1.807) is 0 Å². The Morgan fingerprint density at radius 2 is 1.72 bits per heavy atom. The number of benzene rings is 2. The summed E-state index contributed by atoms with van der Waals surface area (Å²) in [5.41, 5.74) is 7.15. The number of phosphoric ester groups is 1. The standard InChI is InChI=1S/C34H34N7O20P3S/c35-33-39-28-25(30(65)40-33)38-13-41(28)31-27(26(44)23(58-31)12-56-63(52,53)61-64(54,55)60-62(49,50)51)59-34(48)37-8-7-36-29(45)14-1-4-17(20(9-14)32(46)47)24-18-5-2-15(42)10-21(18)57-22-11-16(43)3-6-19(22)24/h1-6,9-10,13,22-23,26-27,31,42,44H,7-8,11-12H2,(H,36,45)(H,37,48)(H,46,47)(H,52,53)(H,54,55)(H2,49,50,51)(H3,35,39,40,65)/t22?,23-,26?,27+,31-/m1/s1. The number of carboxylic acid groups (broad SMARTS) is 1. The highest BCUT2D eigenvalue weighted by Crippen LogP contribution is 2.66. The lowest BCUT2D eigenvalue weighted by atomic mass is 9.82. The molecule has 2 aromatic heterocycles. The molecule has 3 aliphatic rings. The van der Waals surface area contributed by atoms with E-state index >= 15 is 0 Å². The minimum absolute atomic E-state index is 0.0311. The molecule has 2 aromatic carbocycles. The molecule has 31 heteroatoms. The molecule has 0 radical (unpaired) electrons. The van der Waals surface area contributed by atoms with Crippen molar-refractivity contribution < 1.29 is 95.1 Å². The highest BCUT2D eigenvalue weighted by atomic mass is 32.1. The SMILES string of the molecule is Nc1nc(=S)c2ncn([C@@H]3O[C@H](COP(=O)(O)OP(=O)(O)OP(=O)(O)O)C(O)[C@@H]3OC(=O)NCCNC(=O)c3ccc(C4=C5C=CC(=O)CC5Oc5cc(O)ccc54)c(C(=O)O)c3)c2[nH]1. The van der Waals surface area contributed by atoms with Crippen molar-refractivity contribution in [3.05, 3.63) is 87.3 Å². The van der Waals surface area contributed by atoms with E-state index in [4.69, 9.17) is 41.9 Å². The number of hydrogen-bond donors (Lipinski definition) is 11. The number of H-pyrrole nitrogens is 1. The average molecular weight is 986 g/mol. The maximum Gasteiger partial charge on any atom is 0.490 e. The topological polar surface area (TPSA) is 413 Å². The van der Waals surface area contributed by atoms with Gasteiger partial charge in [0.15, 0.2) is 28.7 Å². The molecule has 4 heterocycles. The number of rotatable bonds is 15. The van der Waals surface area contributed by atoms with E-state index in [2.05, 4.69) is 38.7 Å². The number of carboxylic acids is 1. The van der Waals surface area contributed by atoms with Crippen LogP contribution in [0.15, 0.2) is 60.5 Å². The number of aromatic nitrogens is 4. The summed E-state index contributed by atoms with van der Waals surface area (Å²) >= 11 is 5.18. The minimum atomic E-state index is -5.90. The molecule has 0 spiro atoms. The van der Waals surface area contributed by atoms with Crippen LogP contribution in [0.4, 0.5) is 10.7 Å². The summed E-state index contributed by atoms with van der Waals surface area (Å²) < 4.78 is 65.5. The lowest BCUT2D eigenvalue weighted by molar-refractivity contribution is -0.116. The number of phosphoric acid groups is 3. The number of hydrogen-bond acceptors (Lipinski definition) is 19. The monoisotopic (exact) mass is 985 g/mol. The van der Waals surface area contributed by atoms with Crippen molar-refractivity contribution in [2.45, 2.75) is 37.1 Å². The number of fused-ring (bicyclic) bond motifs is 3. The van der Waals surface area contributed by atoms with Gasteiger partial charge in [-0.25, -0.2) is 33.3 Å². The fourth-order valence-electron chi connectivity index (χ4n) is 6.94. The number of ether oxygens (including phenoxy) is 3. The molecule has 0 bridgehead atoms.